The molecule has 102 valence electrons. The largest absolute Gasteiger partial charge is 0.268 e. The van der Waals surface area contributed by atoms with Gasteiger partial charge < -0.3 is 0 Å². The van der Waals surface area contributed by atoms with Gasteiger partial charge in [-0.25, -0.2) is 0 Å². The molecule has 2 nitrogen and oxygen atoms in total. The average molecular weight is 329 g/mol. The first-order valence-corrected chi connectivity index (χ1v) is 7.26. The van der Waals surface area contributed by atoms with Crippen LogP contribution in [0.1, 0.15) is 6.92 Å². The van der Waals surface area contributed by atoms with Crippen LogP contribution in [-0.4, -0.2) is 9.78 Å². The predicted molar refractivity (Wildman–Crippen MR) is 88.5 cm³/mol. The van der Waals surface area contributed by atoms with E-state index in [1.165, 1.54) is 5.57 Å². The van der Waals surface area contributed by atoms with Gasteiger partial charge in [-0.1, -0.05) is 58.9 Å². The summed E-state index contributed by atoms with van der Waals surface area (Å²) in [4.78, 5) is 0. The summed E-state index contributed by atoms with van der Waals surface area (Å²) < 4.78 is 3.01. The van der Waals surface area contributed by atoms with Crippen molar-refractivity contribution in [3.8, 4) is 11.3 Å². The molecule has 1 heterocycles. The number of halogens is 1. The molecule has 0 N–H and O–H groups in total. The van der Waals surface area contributed by atoms with Gasteiger partial charge in [-0.2, -0.15) is 5.10 Å². The fraction of sp³-hybridized carbons (Fsp3) is 0.118. The number of aromatic nitrogens is 2. The SMILES string of the molecule is C=C/C=C\C(=C/C)Cn1ccc(-c2cccc(Br)c2)n1. The third kappa shape index (κ3) is 3.81. The van der Waals surface area contributed by atoms with Crippen LogP contribution < -0.4 is 0 Å². The highest BCUT2D eigenvalue weighted by atomic mass is 79.9. The molecule has 2 aromatic rings. The normalized spacial score (nSPS) is 12.0. The molecule has 0 aliphatic rings. The Morgan fingerprint density at radius 2 is 2.25 bits per heavy atom. The zero-order valence-corrected chi connectivity index (χ0v) is 13.0. The van der Waals surface area contributed by atoms with Gasteiger partial charge in [-0.3, -0.25) is 4.68 Å². The molecule has 3 heteroatoms. The van der Waals surface area contributed by atoms with Crippen LogP contribution in [0, 0.1) is 0 Å². The summed E-state index contributed by atoms with van der Waals surface area (Å²) in [5.74, 6) is 0. The lowest BCUT2D eigenvalue weighted by Gasteiger charge is -2.02. The lowest BCUT2D eigenvalue weighted by Crippen LogP contribution is -2.00. The van der Waals surface area contributed by atoms with Crippen molar-refractivity contribution in [1.82, 2.24) is 9.78 Å². The zero-order chi connectivity index (χ0) is 14.4. The first kappa shape index (κ1) is 14.5. The third-order valence-corrected chi connectivity index (χ3v) is 3.42. The first-order valence-electron chi connectivity index (χ1n) is 6.46. The van der Waals surface area contributed by atoms with Crippen molar-refractivity contribution >= 4 is 15.9 Å². The van der Waals surface area contributed by atoms with Crippen molar-refractivity contribution in [1.29, 1.82) is 0 Å². The summed E-state index contributed by atoms with van der Waals surface area (Å²) >= 11 is 3.48. The van der Waals surface area contributed by atoms with Gasteiger partial charge in [0.05, 0.1) is 12.2 Å². The first-order chi connectivity index (χ1) is 9.72. The van der Waals surface area contributed by atoms with Crippen molar-refractivity contribution < 1.29 is 0 Å². The van der Waals surface area contributed by atoms with Crippen LogP contribution in [0.15, 0.2) is 77.5 Å². The number of rotatable bonds is 5. The Morgan fingerprint density at radius 1 is 1.40 bits per heavy atom. The summed E-state index contributed by atoms with van der Waals surface area (Å²) in [6.45, 7) is 6.47. The summed E-state index contributed by atoms with van der Waals surface area (Å²) in [5, 5.41) is 4.61. The van der Waals surface area contributed by atoms with Gasteiger partial charge in [0.2, 0.25) is 0 Å². The van der Waals surface area contributed by atoms with E-state index in [1.807, 2.05) is 48.2 Å². The zero-order valence-electron chi connectivity index (χ0n) is 11.5. The maximum atomic E-state index is 4.61. The molecule has 0 fully saturated rings. The highest BCUT2D eigenvalue weighted by Gasteiger charge is 2.03. The van der Waals surface area contributed by atoms with Crippen LogP contribution >= 0.6 is 15.9 Å². The van der Waals surface area contributed by atoms with Gasteiger partial charge in [-0.05, 0) is 30.7 Å². The molecule has 0 saturated heterocycles. The van der Waals surface area contributed by atoms with E-state index in [0.29, 0.717) is 0 Å². The molecule has 0 bridgehead atoms. The standard InChI is InChI=1S/C17H17BrN2/c1-3-5-7-14(4-2)13-20-11-10-17(19-20)15-8-6-9-16(18)12-15/h3-12H,1,13H2,2H3/b7-5-,14-4+. The highest BCUT2D eigenvalue weighted by molar-refractivity contribution is 9.10. The van der Waals surface area contributed by atoms with Gasteiger partial charge in [0.1, 0.15) is 0 Å². The lowest BCUT2D eigenvalue weighted by atomic mass is 10.2. The maximum Gasteiger partial charge on any atom is 0.0923 e. The Kier molecular flexibility index (Phi) is 5.13. The quantitative estimate of drug-likeness (QED) is 0.706. The van der Waals surface area contributed by atoms with E-state index in [4.69, 9.17) is 0 Å². The number of hydrogen-bond donors (Lipinski definition) is 0. The van der Waals surface area contributed by atoms with Crippen molar-refractivity contribution in [3.05, 3.63) is 77.5 Å². The highest BCUT2D eigenvalue weighted by Crippen LogP contribution is 2.21. The van der Waals surface area contributed by atoms with Crippen LogP contribution in [0.5, 0.6) is 0 Å². The summed E-state index contributed by atoms with van der Waals surface area (Å²) in [6, 6.07) is 10.2. The Balaban J connectivity index is 2.17. The number of benzene rings is 1. The van der Waals surface area contributed by atoms with E-state index in [0.717, 1.165) is 22.3 Å². The molecular formula is C17H17BrN2. The second kappa shape index (κ2) is 7.06. The number of allylic oxidation sites excluding steroid dienone is 5. The second-order valence-corrected chi connectivity index (χ2v) is 5.28. The van der Waals surface area contributed by atoms with Gasteiger partial charge >= 0.3 is 0 Å². The molecule has 1 aromatic carbocycles. The van der Waals surface area contributed by atoms with Crippen LogP contribution in [0.4, 0.5) is 0 Å². The fourth-order valence-electron chi connectivity index (χ4n) is 1.87. The molecule has 0 spiro atoms. The summed E-state index contributed by atoms with van der Waals surface area (Å²) in [7, 11) is 0. The van der Waals surface area contributed by atoms with Crippen LogP contribution in [0.2, 0.25) is 0 Å². The minimum absolute atomic E-state index is 0.759. The minimum Gasteiger partial charge on any atom is -0.268 e. The topological polar surface area (TPSA) is 17.8 Å². The maximum absolute atomic E-state index is 4.61. The molecule has 2 rings (SSSR count). The van der Waals surface area contributed by atoms with Gasteiger partial charge in [0.15, 0.2) is 0 Å². The molecule has 1 aromatic heterocycles. The summed E-state index contributed by atoms with van der Waals surface area (Å²) in [5.41, 5.74) is 3.30. The average Bonchev–Trinajstić information content (AvgIpc) is 2.92. The fourth-order valence-corrected chi connectivity index (χ4v) is 2.27. The van der Waals surface area contributed by atoms with E-state index in [9.17, 15) is 0 Å². The minimum atomic E-state index is 0.759. The molecule has 0 atom stereocenters. The molecule has 0 unspecified atom stereocenters. The molecule has 0 saturated carbocycles. The Labute approximate surface area is 128 Å². The van der Waals surface area contributed by atoms with Crippen LogP contribution in [0.3, 0.4) is 0 Å². The van der Waals surface area contributed by atoms with E-state index in [1.54, 1.807) is 6.08 Å². The second-order valence-electron chi connectivity index (χ2n) is 4.37. The van der Waals surface area contributed by atoms with Gasteiger partial charge in [0.25, 0.3) is 0 Å². The molecule has 0 radical (unpaired) electrons. The van der Waals surface area contributed by atoms with Crippen LogP contribution in [0.25, 0.3) is 11.3 Å². The molecule has 0 amide bonds. The van der Waals surface area contributed by atoms with Gasteiger partial charge in [-0.15, -0.1) is 0 Å². The Hall–Kier alpha value is -1.87. The number of hydrogen-bond acceptors (Lipinski definition) is 1. The van der Waals surface area contributed by atoms with E-state index >= 15 is 0 Å². The van der Waals surface area contributed by atoms with Crippen molar-refractivity contribution in [2.45, 2.75) is 13.5 Å². The van der Waals surface area contributed by atoms with Crippen molar-refractivity contribution in [2.24, 2.45) is 0 Å². The van der Waals surface area contributed by atoms with Crippen molar-refractivity contribution in [2.75, 3.05) is 0 Å². The van der Waals surface area contributed by atoms with E-state index < -0.39 is 0 Å². The van der Waals surface area contributed by atoms with Gasteiger partial charge in [0, 0.05) is 16.2 Å². The third-order valence-electron chi connectivity index (χ3n) is 2.92. The van der Waals surface area contributed by atoms with Crippen molar-refractivity contribution in [3.63, 3.8) is 0 Å². The summed E-state index contributed by atoms with van der Waals surface area (Å²) in [6.07, 6.45) is 9.85. The molecule has 20 heavy (non-hydrogen) atoms. The van der Waals surface area contributed by atoms with Crippen LogP contribution in [-0.2, 0) is 6.54 Å². The molecule has 0 aliphatic heterocycles. The Bertz CT molecular complexity index is 651. The van der Waals surface area contributed by atoms with E-state index in [-0.39, 0.29) is 0 Å². The smallest absolute Gasteiger partial charge is 0.0923 e. The van der Waals surface area contributed by atoms with E-state index in [2.05, 4.69) is 45.8 Å². The molecular weight excluding hydrogens is 312 g/mol. The predicted octanol–water partition coefficient (Wildman–Crippen LogP) is 5.00. The lowest BCUT2D eigenvalue weighted by molar-refractivity contribution is 0.688. The Morgan fingerprint density at radius 3 is 2.95 bits per heavy atom. The molecule has 0 aliphatic carbocycles. The number of nitrogens with zero attached hydrogens (tertiary/aromatic N) is 2. The monoisotopic (exact) mass is 328 g/mol.